The Morgan fingerprint density at radius 1 is 1.20 bits per heavy atom. The first-order valence-electron chi connectivity index (χ1n) is 7.61. The minimum atomic E-state index is -0.130. The third kappa shape index (κ3) is 3.51. The number of carbonyl (C=O) groups excluding carboxylic acids is 1. The van der Waals surface area contributed by atoms with Crippen molar-refractivity contribution >= 4 is 29.2 Å². The van der Waals surface area contributed by atoms with Gasteiger partial charge in [0.2, 0.25) is 0 Å². The van der Waals surface area contributed by atoms with Crippen molar-refractivity contribution in [2.24, 2.45) is 0 Å². The van der Waals surface area contributed by atoms with Gasteiger partial charge in [0.1, 0.15) is 11.5 Å². The molecule has 0 radical (unpaired) electrons. The highest BCUT2D eigenvalue weighted by Crippen LogP contribution is 2.25. The van der Waals surface area contributed by atoms with Crippen molar-refractivity contribution in [1.29, 1.82) is 0 Å². The summed E-state index contributed by atoms with van der Waals surface area (Å²) in [6, 6.07) is 10.7. The Morgan fingerprint density at radius 2 is 2.00 bits per heavy atom. The SMILES string of the molecule is COc1ccc(OC)c(CN(C)C(=O)c2ccc3[nH]c(=S)oc3c2)c1. The van der Waals surface area contributed by atoms with Crippen LogP contribution in [0.1, 0.15) is 15.9 Å². The Balaban J connectivity index is 1.85. The number of hydrogen-bond donors (Lipinski definition) is 1. The Labute approximate surface area is 150 Å². The molecule has 0 atom stereocenters. The van der Waals surface area contributed by atoms with Gasteiger partial charge in [0.15, 0.2) is 5.58 Å². The number of ether oxygens (including phenoxy) is 2. The number of rotatable bonds is 5. The van der Waals surface area contributed by atoms with Gasteiger partial charge in [-0.05, 0) is 48.6 Å². The maximum Gasteiger partial charge on any atom is 0.266 e. The standard InChI is InChI=1S/C18H18N2O4S/c1-20(10-12-8-13(22-2)5-7-15(12)23-3)17(21)11-4-6-14-16(9-11)24-18(25)19-14/h4-9H,10H2,1-3H3,(H,19,25). The summed E-state index contributed by atoms with van der Waals surface area (Å²) in [5.74, 6) is 1.28. The lowest BCUT2D eigenvalue weighted by atomic mass is 10.1. The van der Waals surface area contributed by atoms with Crippen LogP contribution >= 0.6 is 12.2 Å². The summed E-state index contributed by atoms with van der Waals surface area (Å²) in [5.41, 5.74) is 2.70. The van der Waals surface area contributed by atoms with Crippen molar-refractivity contribution in [3.05, 3.63) is 52.4 Å². The van der Waals surface area contributed by atoms with Gasteiger partial charge in [-0.25, -0.2) is 0 Å². The van der Waals surface area contributed by atoms with Gasteiger partial charge in [-0.2, -0.15) is 0 Å². The zero-order valence-corrected chi connectivity index (χ0v) is 15.0. The van der Waals surface area contributed by atoms with Gasteiger partial charge in [-0.3, -0.25) is 4.79 Å². The number of hydrogen-bond acceptors (Lipinski definition) is 5. The maximum absolute atomic E-state index is 12.7. The summed E-state index contributed by atoms with van der Waals surface area (Å²) < 4.78 is 16.0. The van der Waals surface area contributed by atoms with Gasteiger partial charge >= 0.3 is 0 Å². The molecular formula is C18H18N2O4S. The first-order valence-corrected chi connectivity index (χ1v) is 8.02. The predicted octanol–water partition coefficient (Wildman–Crippen LogP) is 3.78. The number of benzene rings is 2. The Hall–Kier alpha value is -2.80. The molecule has 130 valence electrons. The number of aromatic nitrogens is 1. The number of carbonyl (C=O) groups is 1. The largest absolute Gasteiger partial charge is 0.497 e. The van der Waals surface area contributed by atoms with E-state index in [2.05, 4.69) is 4.98 Å². The van der Waals surface area contributed by atoms with Gasteiger partial charge < -0.3 is 23.8 Å². The number of methoxy groups -OCH3 is 2. The number of amides is 1. The summed E-state index contributed by atoms with van der Waals surface area (Å²) >= 11 is 4.97. The molecule has 1 heterocycles. The topological polar surface area (TPSA) is 67.7 Å². The van der Waals surface area contributed by atoms with E-state index in [1.54, 1.807) is 44.4 Å². The second kappa shape index (κ2) is 6.98. The van der Waals surface area contributed by atoms with Crippen LogP contribution in [-0.2, 0) is 6.54 Å². The average molecular weight is 358 g/mol. The summed E-state index contributed by atoms with van der Waals surface area (Å²) in [6.45, 7) is 0.383. The van der Waals surface area contributed by atoms with Gasteiger partial charge in [0.25, 0.3) is 10.7 Å². The van der Waals surface area contributed by atoms with Crippen LogP contribution in [0.3, 0.4) is 0 Å². The zero-order valence-electron chi connectivity index (χ0n) is 14.2. The van der Waals surface area contributed by atoms with E-state index in [1.807, 2.05) is 18.2 Å². The molecular weight excluding hydrogens is 340 g/mol. The fourth-order valence-corrected chi connectivity index (χ4v) is 2.83. The van der Waals surface area contributed by atoms with Crippen LogP contribution in [0.25, 0.3) is 11.1 Å². The molecule has 0 bridgehead atoms. The molecule has 0 unspecified atom stereocenters. The van der Waals surface area contributed by atoms with Crippen LogP contribution in [-0.4, -0.2) is 37.1 Å². The lowest BCUT2D eigenvalue weighted by molar-refractivity contribution is 0.0784. The molecule has 7 heteroatoms. The Bertz CT molecular complexity index is 977. The van der Waals surface area contributed by atoms with E-state index in [-0.39, 0.29) is 10.7 Å². The van der Waals surface area contributed by atoms with Crippen molar-refractivity contribution < 1.29 is 18.7 Å². The third-order valence-corrected chi connectivity index (χ3v) is 4.10. The number of fused-ring (bicyclic) bond motifs is 1. The van der Waals surface area contributed by atoms with Crippen molar-refractivity contribution in [3.8, 4) is 11.5 Å². The molecule has 0 aliphatic carbocycles. The molecule has 0 aliphatic rings. The lowest BCUT2D eigenvalue weighted by Crippen LogP contribution is -2.26. The molecule has 0 fully saturated rings. The zero-order chi connectivity index (χ0) is 18.0. The molecule has 6 nitrogen and oxygen atoms in total. The lowest BCUT2D eigenvalue weighted by Gasteiger charge is -2.19. The molecule has 25 heavy (non-hydrogen) atoms. The van der Waals surface area contributed by atoms with Crippen LogP contribution in [0, 0.1) is 4.84 Å². The first kappa shape index (κ1) is 17.0. The fourth-order valence-electron chi connectivity index (χ4n) is 2.63. The van der Waals surface area contributed by atoms with Crippen LogP contribution < -0.4 is 9.47 Å². The number of oxazole rings is 1. The number of H-pyrrole nitrogens is 1. The van der Waals surface area contributed by atoms with Crippen molar-refractivity contribution in [2.45, 2.75) is 6.54 Å². The quantitative estimate of drug-likeness (QED) is 0.703. The Morgan fingerprint density at radius 3 is 2.72 bits per heavy atom. The number of aromatic amines is 1. The molecule has 1 amide bonds. The summed E-state index contributed by atoms with van der Waals surface area (Å²) in [7, 11) is 4.93. The average Bonchev–Trinajstić information content (AvgIpc) is 2.99. The van der Waals surface area contributed by atoms with Gasteiger partial charge in [0.05, 0.1) is 19.7 Å². The van der Waals surface area contributed by atoms with E-state index in [1.165, 1.54) is 0 Å². The predicted molar refractivity (Wildman–Crippen MR) is 96.7 cm³/mol. The molecule has 1 N–H and O–H groups in total. The molecule has 0 aliphatic heterocycles. The molecule has 3 aromatic rings. The molecule has 1 aromatic heterocycles. The van der Waals surface area contributed by atoms with E-state index in [9.17, 15) is 4.79 Å². The van der Waals surface area contributed by atoms with Crippen LogP contribution in [0.15, 0.2) is 40.8 Å². The minimum absolute atomic E-state index is 0.130. The first-order chi connectivity index (χ1) is 12.0. The molecule has 2 aromatic carbocycles. The van der Waals surface area contributed by atoms with Gasteiger partial charge in [0, 0.05) is 24.7 Å². The van der Waals surface area contributed by atoms with E-state index >= 15 is 0 Å². The highest BCUT2D eigenvalue weighted by molar-refractivity contribution is 7.71. The second-order valence-corrected chi connectivity index (χ2v) is 5.94. The van der Waals surface area contributed by atoms with Gasteiger partial charge in [-0.1, -0.05) is 0 Å². The Kier molecular flexibility index (Phi) is 4.76. The molecule has 0 saturated carbocycles. The number of nitrogens with one attached hydrogen (secondary N) is 1. The fraction of sp³-hybridized carbons (Fsp3) is 0.222. The van der Waals surface area contributed by atoms with Crippen LogP contribution in [0.5, 0.6) is 11.5 Å². The smallest absolute Gasteiger partial charge is 0.266 e. The molecule has 0 saturated heterocycles. The maximum atomic E-state index is 12.7. The van der Waals surface area contributed by atoms with Crippen molar-refractivity contribution in [2.75, 3.05) is 21.3 Å². The van der Waals surface area contributed by atoms with E-state index in [0.29, 0.717) is 29.2 Å². The van der Waals surface area contributed by atoms with Crippen LogP contribution in [0.2, 0.25) is 0 Å². The molecule has 0 spiro atoms. The van der Waals surface area contributed by atoms with Gasteiger partial charge in [-0.15, -0.1) is 0 Å². The third-order valence-electron chi connectivity index (χ3n) is 3.91. The summed E-state index contributed by atoms with van der Waals surface area (Å²) in [4.78, 5) is 17.5. The summed E-state index contributed by atoms with van der Waals surface area (Å²) in [5, 5.41) is 0. The van der Waals surface area contributed by atoms with Crippen molar-refractivity contribution in [3.63, 3.8) is 0 Å². The second-order valence-electron chi connectivity index (χ2n) is 5.56. The monoisotopic (exact) mass is 358 g/mol. The van der Waals surface area contributed by atoms with E-state index in [4.69, 9.17) is 26.1 Å². The number of nitrogens with zero attached hydrogens (tertiary/aromatic N) is 1. The summed E-state index contributed by atoms with van der Waals surface area (Å²) in [6.07, 6.45) is 0. The highest BCUT2D eigenvalue weighted by Gasteiger charge is 2.16. The normalized spacial score (nSPS) is 10.7. The van der Waals surface area contributed by atoms with E-state index < -0.39 is 0 Å². The highest BCUT2D eigenvalue weighted by atomic mass is 32.1. The van der Waals surface area contributed by atoms with Crippen molar-refractivity contribution in [1.82, 2.24) is 9.88 Å². The molecule has 3 rings (SSSR count). The van der Waals surface area contributed by atoms with Crippen LogP contribution in [0.4, 0.5) is 0 Å². The minimum Gasteiger partial charge on any atom is -0.497 e. The van der Waals surface area contributed by atoms with E-state index in [0.717, 1.165) is 11.1 Å².